The van der Waals surface area contributed by atoms with Crippen LogP contribution >= 0.6 is 0 Å². The van der Waals surface area contributed by atoms with Crippen LogP contribution in [0, 0.1) is 5.92 Å². The van der Waals surface area contributed by atoms with E-state index in [2.05, 4.69) is 5.32 Å². The van der Waals surface area contributed by atoms with Crippen molar-refractivity contribution in [2.45, 2.75) is 18.9 Å². The Bertz CT molecular complexity index is 132. The van der Waals surface area contributed by atoms with Gasteiger partial charge in [0.25, 0.3) is 0 Å². The van der Waals surface area contributed by atoms with Gasteiger partial charge in [-0.15, -0.1) is 0 Å². The third-order valence-corrected chi connectivity index (χ3v) is 2.03. The molecule has 0 aromatic rings. The van der Waals surface area contributed by atoms with E-state index in [4.69, 9.17) is 0 Å². The van der Waals surface area contributed by atoms with Crippen molar-refractivity contribution < 1.29 is 4.79 Å². The Morgan fingerprint density at radius 3 is 2.75 bits per heavy atom. The molecule has 0 amide bonds. The molecular formula is C6H8NO. The summed E-state index contributed by atoms with van der Waals surface area (Å²) in [6.07, 6.45) is 1.80. The highest BCUT2D eigenvalue weighted by Crippen LogP contribution is 2.28. The number of hydrogen-bond acceptors (Lipinski definition) is 1. The Hall–Kier alpha value is -0.370. The van der Waals surface area contributed by atoms with E-state index in [1.54, 1.807) is 0 Å². The quantitative estimate of drug-likeness (QED) is 0.430. The van der Waals surface area contributed by atoms with Gasteiger partial charge in [0.2, 0.25) is 0 Å². The van der Waals surface area contributed by atoms with Crippen molar-refractivity contribution in [3.05, 3.63) is 0 Å². The van der Waals surface area contributed by atoms with E-state index in [1.165, 1.54) is 0 Å². The summed E-state index contributed by atoms with van der Waals surface area (Å²) in [4.78, 5) is 10.8. The normalized spacial score (nSPS) is 43.8. The summed E-state index contributed by atoms with van der Waals surface area (Å²) in [7, 11) is 0. The first-order valence-corrected chi connectivity index (χ1v) is 3.05. The minimum atomic E-state index is 0.333. The third kappa shape index (κ3) is 0.436. The van der Waals surface area contributed by atoms with Crippen LogP contribution in [0.15, 0.2) is 0 Å². The number of nitrogens with zero attached hydrogens (tertiary/aromatic N) is 1. The molecule has 2 rings (SSSR count). The number of carbonyl (C=O) groups is 1. The van der Waals surface area contributed by atoms with Gasteiger partial charge < -0.3 is 0 Å². The molecule has 1 heterocycles. The number of carbonyl (C=O) groups excluding carboxylic acids is 1. The predicted molar refractivity (Wildman–Crippen MR) is 28.5 cm³/mol. The average molecular weight is 110 g/mol. The number of rotatable bonds is 0. The third-order valence-electron chi connectivity index (χ3n) is 2.03. The van der Waals surface area contributed by atoms with Crippen LogP contribution in [0.5, 0.6) is 0 Å². The molecule has 0 aromatic carbocycles. The van der Waals surface area contributed by atoms with Crippen LogP contribution in [-0.4, -0.2) is 18.4 Å². The molecule has 1 saturated carbocycles. The highest BCUT2D eigenvalue weighted by Gasteiger charge is 2.38. The zero-order valence-corrected chi connectivity index (χ0v) is 4.63. The molecule has 2 aliphatic rings. The summed E-state index contributed by atoms with van der Waals surface area (Å²) in [5.41, 5.74) is 0. The highest BCUT2D eigenvalue weighted by molar-refractivity contribution is 5.85. The van der Waals surface area contributed by atoms with Crippen LogP contribution in [0.2, 0.25) is 0 Å². The number of fused-ring (bicyclic) bond motifs is 2. The van der Waals surface area contributed by atoms with Gasteiger partial charge in [-0.05, 0) is 6.42 Å². The Kier molecular flexibility index (Phi) is 0.742. The van der Waals surface area contributed by atoms with Crippen molar-refractivity contribution >= 4 is 5.78 Å². The minimum Gasteiger partial charge on any atom is -0.299 e. The summed E-state index contributed by atoms with van der Waals surface area (Å²) < 4.78 is 0. The van der Waals surface area contributed by atoms with Gasteiger partial charge in [0.1, 0.15) is 5.78 Å². The Morgan fingerprint density at radius 1 is 1.62 bits per heavy atom. The van der Waals surface area contributed by atoms with Crippen LogP contribution in [-0.2, 0) is 4.79 Å². The largest absolute Gasteiger partial charge is 0.299 e. The standard InChI is InChI=1S/C6H8NO/c8-6-2-5-1-4(6)3-7-5/h4-5H,1-3H2. The molecule has 0 aromatic heterocycles. The van der Waals surface area contributed by atoms with Gasteiger partial charge >= 0.3 is 0 Å². The lowest BCUT2D eigenvalue weighted by molar-refractivity contribution is -0.121. The zero-order valence-electron chi connectivity index (χ0n) is 4.63. The van der Waals surface area contributed by atoms with Gasteiger partial charge in [-0.1, -0.05) is 0 Å². The van der Waals surface area contributed by atoms with Crippen molar-refractivity contribution in [2.24, 2.45) is 5.92 Å². The summed E-state index contributed by atoms with van der Waals surface area (Å²) in [6, 6.07) is 0.424. The topological polar surface area (TPSA) is 31.2 Å². The maximum absolute atomic E-state index is 10.8. The van der Waals surface area contributed by atoms with Gasteiger partial charge in [0, 0.05) is 24.9 Å². The van der Waals surface area contributed by atoms with E-state index in [-0.39, 0.29) is 0 Å². The van der Waals surface area contributed by atoms with Gasteiger partial charge in [-0.3, -0.25) is 4.79 Å². The molecule has 43 valence electrons. The van der Waals surface area contributed by atoms with E-state index >= 15 is 0 Å². The van der Waals surface area contributed by atoms with E-state index in [0.29, 0.717) is 17.7 Å². The van der Waals surface area contributed by atoms with Crippen LogP contribution in [0.4, 0.5) is 0 Å². The second kappa shape index (κ2) is 1.32. The second-order valence-electron chi connectivity index (χ2n) is 2.62. The van der Waals surface area contributed by atoms with Crippen LogP contribution in [0.1, 0.15) is 12.8 Å². The van der Waals surface area contributed by atoms with Crippen LogP contribution < -0.4 is 5.32 Å². The number of ketones is 1. The van der Waals surface area contributed by atoms with Gasteiger partial charge in [-0.25, -0.2) is 5.32 Å². The first-order chi connectivity index (χ1) is 3.86. The molecule has 2 bridgehead atoms. The van der Waals surface area contributed by atoms with Crippen molar-refractivity contribution in [2.75, 3.05) is 6.54 Å². The van der Waals surface area contributed by atoms with Gasteiger partial charge in [0.05, 0.1) is 0 Å². The first-order valence-electron chi connectivity index (χ1n) is 3.05. The lowest BCUT2D eigenvalue weighted by Crippen LogP contribution is -2.23. The van der Waals surface area contributed by atoms with Crippen molar-refractivity contribution in [1.82, 2.24) is 5.32 Å². The fourth-order valence-electron chi connectivity index (χ4n) is 1.53. The lowest BCUT2D eigenvalue weighted by atomic mass is 10.1. The number of piperidine rings is 1. The SMILES string of the molecule is O=C1CC2CC1C[N]2. The Labute approximate surface area is 48.3 Å². The predicted octanol–water partition coefficient (Wildman–Crippen LogP) is -0.0479. The van der Waals surface area contributed by atoms with Gasteiger partial charge in [-0.2, -0.15) is 0 Å². The van der Waals surface area contributed by atoms with Crippen molar-refractivity contribution in [3.63, 3.8) is 0 Å². The van der Waals surface area contributed by atoms with Crippen molar-refractivity contribution in [1.29, 1.82) is 0 Å². The molecular weight excluding hydrogens is 102 g/mol. The number of hydrogen-bond donors (Lipinski definition) is 0. The van der Waals surface area contributed by atoms with E-state index in [9.17, 15) is 4.79 Å². The molecule has 2 fully saturated rings. The second-order valence-corrected chi connectivity index (χ2v) is 2.62. The van der Waals surface area contributed by atoms with Gasteiger partial charge in [0.15, 0.2) is 0 Å². The molecule has 1 aliphatic heterocycles. The molecule has 2 heteroatoms. The number of Topliss-reactive ketones (excluding diaryl/α,β-unsaturated/α-hetero) is 1. The van der Waals surface area contributed by atoms with E-state index in [1.807, 2.05) is 0 Å². The fraction of sp³-hybridized carbons (Fsp3) is 0.833. The monoisotopic (exact) mass is 110 g/mol. The molecule has 2 nitrogen and oxygen atoms in total. The maximum Gasteiger partial charge on any atom is 0.138 e. The molecule has 0 spiro atoms. The smallest absolute Gasteiger partial charge is 0.138 e. The summed E-state index contributed by atoms with van der Waals surface area (Å²) in [5.74, 6) is 0.782. The highest BCUT2D eigenvalue weighted by atomic mass is 16.1. The fourth-order valence-corrected chi connectivity index (χ4v) is 1.53. The van der Waals surface area contributed by atoms with Crippen LogP contribution in [0.3, 0.4) is 0 Å². The van der Waals surface area contributed by atoms with E-state index in [0.717, 1.165) is 19.4 Å². The maximum atomic E-state index is 10.8. The molecule has 1 aliphatic carbocycles. The average Bonchev–Trinajstić information content (AvgIpc) is 2.23. The summed E-state index contributed by atoms with van der Waals surface area (Å²) >= 11 is 0. The Balaban J connectivity index is 2.22. The Morgan fingerprint density at radius 2 is 2.50 bits per heavy atom. The minimum absolute atomic E-state index is 0.333. The molecule has 2 unspecified atom stereocenters. The first kappa shape index (κ1) is 4.50. The summed E-state index contributed by atoms with van der Waals surface area (Å²) in [6.45, 7) is 0.823. The van der Waals surface area contributed by atoms with E-state index < -0.39 is 0 Å². The zero-order chi connectivity index (χ0) is 5.56. The summed E-state index contributed by atoms with van der Waals surface area (Å²) in [5, 5.41) is 4.23. The molecule has 1 radical (unpaired) electrons. The van der Waals surface area contributed by atoms with Crippen molar-refractivity contribution in [3.8, 4) is 0 Å². The molecule has 2 atom stereocenters. The molecule has 8 heavy (non-hydrogen) atoms. The molecule has 1 saturated heterocycles. The lowest BCUT2D eigenvalue weighted by Gasteiger charge is -2.05. The molecule has 0 N–H and O–H groups in total. The van der Waals surface area contributed by atoms with Crippen LogP contribution in [0.25, 0.3) is 0 Å².